The molecule has 0 amide bonds. The van der Waals surface area contributed by atoms with Crippen molar-refractivity contribution < 1.29 is 31.1 Å². The molecule has 0 bridgehead atoms. The lowest BCUT2D eigenvalue weighted by Crippen LogP contribution is -2.69. The van der Waals surface area contributed by atoms with Gasteiger partial charge < -0.3 is 9.64 Å². The van der Waals surface area contributed by atoms with Gasteiger partial charge in [-0.25, -0.2) is 5.01 Å². The fourth-order valence-electron chi connectivity index (χ4n) is 4.41. The molecule has 0 aliphatic carbocycles. The van der Waals surface area contributed by atoms with E-state index in [4.69, 9.17) is 4.74 Å². The minimum absolute atomic E-state index is 0.129. The third-order valence-electron chi connectivity index (χ3n) is 5.90. The van der Waals surface area contributed by atoms with Crippen LogP contribution in [0.15, 0.2) is 28.5 Å². The summed E-state index contributed by atoms with van der Waals surface area (Å²) in [4.78, 5) is 4.06. The molecule has 6 nitrogen and oxygen atoms in total. The van der Waals surface area contributed by atoms with Crippen molar-refractivity contribution in [3.63, 3.8) is 0 Å². The number of likely N-dealkylation sites (tertiary alicyclic amines) is 1. The van der Waals surface area contributed by atoms with Gasteiger partial charge in [-0.15, -0.1) is 0 Å². The Morgan fingerprint density at radius 2 is 1.57 bits per heavy atom. The van der Waals surface area contributed by atoms with Gasteiger partial charge in [-0.05, 0) is 25.2 Å². The van der Waals surface area contributed by atoms with Crippen molar-refractivity contribution in [2.45, 2.75) is 30.5 Å². The maximum atomic E-state index is 13.4. The average molecular weight is 437 g/mol. The van der Waals surface area contributed by atoms with Crippen LogP contribution in [0.1, 0.15) is 17.5 Å². The number of rotatable bonds is 2. The number of piperidine rings is 1. The minimum atomic E-state index is -4.93. The van der Waals surface area contributed by atoms with Crippen LogP contribution in [0.3, 0.4) is 0 Å². The van der Waals surface area contributed by atoms with Crippen molar-refractivity contribution in [1.29, 1.82) is 0 Å². The Labute approximate surface area is 169 Å². The van der Waals surface area contributed by atoms with E-state index in [0.29, 0.717) is 45.8 Å². The second kappa shape index (κ2) is 7.34. The van der Waals surface area contributed by atoms with Crippen LogP contribution in [0.5, 0.6) is 0 Å². The van der Waals surface area contributed by atoms with E-state index < -0.39 is 35.2 Å². The molecule has 3 aliphatic heterocycles. The molecule has 0 saturated carbocycles. The molecule has 12 heteroatoms. The quantitative estimate of drug-likeness (QED) is 0.663. The maximum absolute atomic E-state index is 13.4. The van der Waals surface area contributed by atoms with Crippen LogP contribution in [-0.2, 0) is 17.1 Å². The zero-order valence-corrected chi connectivity index (χ0v) is 16.2. The van der Waals surface area contributed by atoms with E-state index in [-0.39, 0.29) is 11.8 Å². The number of morpholine rings is 1. The zero-order valence-electron chi connectivity index (χ0n) is 16.2. The van der Waals surface area contributed by atoms with E-state index in [1.807, 2.05) is 16.8 Å². The number of hydrogen-bond acceptors (Lipinski definition) is 6. The van der Waals surface area contributed by atoms with Gasteiger partial charge in [0.05, 0.1) is 30.0 Å². The molecule has 1 aromatic carbocycles. The van der Waals surface area contributed by atoms with E-state index in [9.17, 15) is 26.3 Å². The third-order valence-corrected chi connectivity index (χ3v) is 5.90. The Hall–Kier alpha value is -1.92. The summed E-state index contributed by atoms with van der Waals surface area (Å²) in [6.45, 7) is 2.95. The number of likely N-dealkylation sites (N-methyl/N-ethyl adjacent to an activating group) is 1. The Morgan fingerprint density at radius 1 is 0.967 bits per heavy atom. The Kier molecular flexibility index (Phi) is 5.22. The van der Waals surface area contributed by atoms with Crippen LogP contribution < -0.4 is 5.01 Å². The highest BCUT2D eigenvalue weighted by Crippen LogP contribution is 2.45. The van der Waals surface area contributed by atoms with Gasteiger partial charge >= 0.3 is 12.4 Å². The van der Waals surface area contributed by atoms with E-state index in [1.54, 1.807) is 0 Å². The number of benzene rings is 1. The van der Waals surface area contributed by atoms with Crippen LogP contribution in [0.25, 0.3) is 0 Å². The largest absolute Gasteiger partial charge is 0.416 e. The van der Waals surface area contributed by atoms with Gasteiger partial charge in [0.2, 0.25) is 0 Å². The van der Waals surface area contributed by atoms with Crippen LogP contribution in [0.2, 0.25) is 0 Å². The van der Waals surface area contributed by atoms with Crippen molar-refractivity contribution in [3.05, 3.63) is 29.3 Å². The van der Waals surface area contributed by atoms with Crippen LogP contribution in [-0.4, -0.2) is 67.9 Å². The van der Waals surface area contributed by atoms with Gasteiger partial charge in [0.25, 0.3) is 0 Å². The second-order valence-corrected chi connectivity index (χ2v) is 7.79. The first-order chi connectivity index (χ1) is 14.0. The molecule has 4 rings (SSSR count). The van der Waals surface area contributed by atoms with Gasteiger partial charge in [0, 0.05) is 32.6 Å². The molecule has 0 aromatic heterocycles. The summed E-state index contributed by atoms with van der Waals surface area (Å²) >= 11 is 0. The first-order valence-electron chi connectivity index (χ1n) is 9.53. The molecule has 2 atom stereocenters. The number of anilines is 1. The lowest BCUT2D eigenvalue weighted by molar-refractivity contribution is -0.143. The Balaban J connectivity index is 1.82. The van der Waals surface area contributed by atoms with E-state index in [0.717, 1.165) is 12.1 Å². The molecular formula is C18H21F6N5O. The molecule has 2 saturated heterocycles. The smallest absolute Gasteiger partial charge is 0.379 e. The normalized spacial score (nSPS) is 28.8. The summed E-state index contributed by atoms with van der Waals surface area (Å²) in [5.41, 5.74) is -3.92. The minimum Gasteiger partial charge on any atom is -0.379 e. The molecule has 166 valence electrons. The van der Waals surface area contributed by atoms with Gasteiger partial charge in [0.1, 0.15) is 11.7 Å². The first-order valence-corrected chi connectivity index (χ1v) is 9.53. The van der Waals surface area contributed by atoms with Crippen LogP contribution in [0, 0.1) is 0 Å². The summed E-state index contributed by atoms with van der Waals surface area (Å²) in [5.74, 6) is 0. The highest BCUT2D eigenvalue weighted by Gasteiger charge is 2.56. The highest BCUT2D eigenvalue weighted by atomic mass is 19.4. The van der Waals surface area contributed by atoms with Gasteiger partial charge in [0.15, 0.2) is 0 Å². The third kappa shape index (κ3) is 3.65. The average Bonchev–Trinajstić information content (AvgIpc) is 3.06. The summed E-state index contributed by atoms with van der Waals surface area (Å²) in [5, 5.41) is 9.62. The fourth-order valence-corrected chi connectivity index (χ4v) is 4.41. The molecule has 3 heterocycles. The Bertz CT molecular complexity index is 790. The van der Waals surface area contributed by atoms with Crippen molar-refractivity contribution in [1.82, 2.24) is 9.80 Å². The zero-order chi connectivity index (χ0) is 21.7. The van der Waals surface area contributed by atoms with E-state index >= 15 is 0 Å². The number of nitrogens with zero attached hydrogens (tertiary/aromatic N) is 5. The topological polar surface area (TPSA) is 43.7 Å². The fraction of sp³-hybridized carbons (Fsp3) is 0.667. The van der Waals surface area contributed by atoms with Crippen molar-refractivity contribution in [2.75, 3.05) is 51.4 Å². The van der Waals surface area contributed by atoms with Gasteiger partial charge in [-0.1, -0.05) is 5.22 Å². The summed E-state index contributed by atoms with van der Waals surface area (Å²) < 4.78 is 85.7. The molecule has 0 N–H and O–H groups in total. The number of fused-ring (bicyclic) bond motifs is 1. The second-order valence-electron chi connectivity index (χ2n) is 7.79. The number of halogens is 6. The van der Waals surface area contributed by atoms with Crippen molar-refractivity contribution in [2.24, 2.45) is 10.3 Å². The monoisotopic (exact) mass is 437 g/mol. The summed E-state index contributed by atoms with van der Waals surface area (Å²) in [7, 11) is 1.90. The standard InChI is InChI=1S/C18H21F6N5O/c1-27-3-2-16(28-4-6-30-7-5-28)15(11-27)25-26-29(16)14-9-12(17(19,20)21)8-13(10-14)18(22,23)24/h8-10,15H,2-7,11H2,1H3. The number of hydrogen-bond donors (Lipinski definition) is 0. The van der Waals surface area contributed by atoms with Gasteiger partial charge in [-0.2, -0.15) is 31.5 Å². The van der Waals surface area contributed by atoms with Crippen molar-refractivity contribution in [3.8, 4) is 0 Å². The number of ether oxygens (including phenoxy) is 1. The van der Waals surface area contributed by atoms with Crippen molar-refractivity contribution >= 4 is 5.69 Å². The summed E-state index contributed by atoms with van der Waals surface area (Å²) in [6.07, 6.45) is -9.38. The lowest BCUT2D eigenvalue weighted by atomic mass is 9.88. The lowest BCUT2D eigenvalue weighted by Gasteiger charge is -2.52. The SMILES string of the molecule is CN1CCC2(N3CCOCC3)C(C1)N=NN2c1cc(C(F)(F)F)cc(C(F)(F)F)c1. The molecule has 0 spiro atoms. The molecule has 2 fully saturated rings. The van der Waals surface area contributed by atoms with E-state index in [1.165, 1.54) is 5.01 Å². The first kappa shape index (κ1) is 21.3. The molecular weight excluding hydrogens is 416 g/mol. The maximum Gasteiger partial charge on any atom is 0.416 e. The molecule has 1 aromatic rings. The molecule has 30 heavy (non-hydrogen) atoms. The highest BCUT2D eigenvalue weighted by molar-refractivity contribution is 5.55. The molecule has 0 radical (unpaired) electrons. The molecule has 3 aliphatic rings. The van der Waals surface area contributed by atoms with E-state index in [2.05, 4.69) is 10.3 Å². The number of alkyl halides is 6. The predicted octanol–water partition coefficient (Wildman–Crippen LogP) is 3.64. The van der Waals surface area contributed by atoms with Crippen LogP contribution >= 0.6 is 0 Å². The summed E-state index contributed by atoms with van der Waals surface area (Å²) in [6, 6.07) is 1.16. The van der Waals surface area contributed by atoms with Crippen LogP contribution in [0.4, 0.5) is 32.0 Å². The van der Waals surface area contributed by atoms with Gasteiger partial charge in [-0.3, -0.25) is 4.90 Å². The molecule has 2 unspecified atom stereocenters. The Morgan fingerprint density at radius 3 is 2.13 bits per heavy atom. The predicted molar refractivity (Wildman–Crippen MR) is 94.8 cm³/mol.